The summed E-state index contributed by atoms with van der Waals surface area (Å²) in [6.07, 6.45) is 0. The lowest BCUT2D eigenvalue weighted by Gasteiger charge is -2.19. The highest BCUT2D eigenvalue weighted by atomic mass is 32.2. The normalized spacial score (nSPS) is 12.9. The van der Waals surface area contributed by atoms with Gasteiger partial charge in [-0.2, -0.15) is 27.1 Å². The smallest absolute Gasteiger partial charge is 0.297 e. The Kier molecular flexibility index (Phi) is 7.83. The van der Waals surface area contributed by atoms with Crippen molar-refractivity contribution >= 4 is 53.2 Å². The summed E-state index contributed by atoms with van der Waals surface area (Å²) < 4.78 is 97.7. The van der Waals surface area contributed by atoms with E-state index in [9.17, 15) is 36.2 Å². The van der Waals surface area contributed by atoms with E-state index < -0.39 is 52.9 Å². The largest absolute Gasteiger partial charge is 0.505 e. The zero-order chi connectivity index (χ0) is 37.5. The van der Waals surface area contributed by atoms with Crippen molar-refractivity contribution in [3.8, 4) is 56.4 Å². The van der Waals surface area contributed by atoms with Crippen molar-refractivity contribution in [3.63, 3.8) is 0 Å². The molecular weight excluding hydrogens is 689 g/mol. The maximum atomic E-state index is 12.8. The first-order chi connectivity index (χ1) is 24.8. The molecule has 0 atom stereocenters. The lowest BCUT2D eigenvalue weighted by atomic mass is 9.92. The second-order valence-electron chi connectivity index (χ2n) is 10.9. The van der Waals surface area contributed by atoms with Crippen LogP contribution in [0.1, 0.15) is 0 Å². The van der Waals surface area contributed by atoms with Crippen LogP contribution in [0.3, 0.4) is 0 Å². The molecule has 6 aromatic rings. The van der Waals surface area contributed by atoms with Gasteiger partial charge in [0.1, 0.15) is 32.7 Å². The Morgan fingerprint density at radius 1 is 0.600 bits per heavy atom. The van der Waals surface area contributed by atoms with Crippen molar-refractivity contribution in [1.29, 1.82) is 11.0 Å². The second-order valence-corrected chi connectivity index (χ2v) is 13.6. The first-order valence-electron chi connectivity index (χ1n) is 15.2. The van der Waals surface area contributed by atoms with Crippen molar-refractivity contribution in [3.05, 3.63) is 84.9 Å². The average Bonchev–Trinajstić information content (AvgIpc) is 3.12. The molecule has 0 heterocycles. The van der Waals surface area contributed by atoms with Crippen LogP contribution in [0.2, 0.25) is 2.82 Å². The van der Waals surface area contributed by atoms with E-state index in [-0.39, 0.29) is 55.3 Å². The van der Waals surface area contributed by atoms with E-state index in [0.29, 0.717) is 11.1 Å². The van der Waals surface area contributed by atoms with Gasteiger partial charge >= 0.3 is 0 Å². The van der Waals surface area contributed by atoms with Crippen molar-refractivity contribution in [2.24, 2.45) is 10.2 Å². The standard InChI is InChI=1S/C34H26N4O10S2/c1-47-25-15-17(11-13-23(25)27-19-7-3-5-9-21(19)31(39)29(37-35)33(27)49(41,42)43)18-12-14-24(26(16-18)48-2)28-20-8-4-6-10-22(20)32(40)30(38-36)34(28)50(44,45)46/h3-16,35-36,39-40H,1-2H3,(H,41,42,43)(H,44,45,46)/b37-35+,38-36+. The van der Waals surface area contributed by atoms with Crippen LogP contribution in [0.25, 0.3) is 54.9 Å². The molecule has 16 heteroatoms. The molecule has 0 saturated heterocycles. The number of nitrogens with one attached hydrogen (secondary N) is 2. The fraction of sp³-hybridized carbons (Fsp3) is 0.0588. The Morgan fingerprint density at radius 3 is 1.28 bits per heavy atom. The van der Waals surface area contributed by atoms with Crippen molar-refractivity contribution < 1.29 is 48.5 Å². The van der Waals surface area contributed by atoms with Crippen LogP contribution in [-0.4, -0.2) is 50.4 Å². The number of hydrogen-bond donors (Lipinski definition) is 6. The molecule has 0 bridgehead atoms. The first-order valence-corrected chi connectivity index (χ1v) is 17.2. The van der Waals surface area contributed by atoms with Crippen molar-refractivity contribution in [2.45, 2.75) is 9.79 Å². The summed E-state index contributed by atoms with van der Waals surface area (Å²) in [7, 11) is -7.49. The van der Waals surface area contributed by atoms with Gasteiger partial charge in [-0.3, -0.25) is 9.11 Å². The molecular formula is C34H26N4O10S2. The van der Waals surface area contributed by atoms with Crippen LogP contribution in [0, 0.1) is 11.0 Å². The summed E-state index contributed by atoms with van der Waals surface area (Å²) in [5, 5.41) is 29.6. The second kappa shape index (κ2) is 12.5. The van der Waals surface area contributed by atoms with Gasteiger partial charge < -0.3 is 19.7 Å². The number of fused-ring (bicyclic) bond motifs is 2. The number of rotatable bonds is 9. The van der Waals surface area contributed by atoms with Crippen LogP contribution in [0.4, 0.5) is 11.4 Å². The number of methoxy groups -OCH3 is 2. The Hall–Kier alpha value is -5.94. The van der Waals surface area contributed by atoms with E-state index in [1.54, 1.807) is 48.5 Å². The Balaban J connectivity index is 1.61. The van der Waals surface area contributed by atoms with Gasteiger partial charge in [0, 0.05) is 33.0 Å². The van der Waals surface area contributed by atoms with Crippen molar-refractivity contribution in [1.82, 2.24) is 0 Å². The Bertz CT molecular complexity index is 2540. The highest BCUT2D eigenvalue weighted by molar-refractivity contribution is 7.86. The Labute approximate surface area is 287 Å². The molecule has 0 aliphatic carbocycles. The van der Waals surface area contributed by atoms with Crippen LogP contribution in [-0.2, 0) is 20.2 Å². The number of hydrogen-bond acceptors (Lipinski definition) is 12. The lowest BCUT2D eigenvalue weighted by molar-refractivity contribution is 0.415. The van der Waals surface area contributed by atoms with E-state index in [4.69, 9.17) is 12.3 Å². The predicted molar refractivity (Wildman–Crippen MR) is 183 cm³/mol. The molecule has 6 N–H and O–H groups in total. The summed E-state index contributed by atoms with van der Waals surface area (Å²) in [5.41, 5.74) is 5.70. The van der Waals surface area contributed by atoms with Gasteiger partial charge in [0.05, 0.1) is 14.2 Å². The van der Waals surface area contributed by atoms with Crippen LogP contribution in [0.5, 0.6) is 23.0 Å². The molecule has 0 aromatic heterocycles. The Morgan fingerprint density at radius 2 is 0.960 bits per heavy atom. The van der Waals surface area contributed by atoms with Crippen LogP contribution < -0.4 is 9.47 Å². The molecule has 0 fully saturated rings. The van der Waals surface area contributed by atoms with Crippen molar-refractivity contribution in [2.75, 3.05) is 14.2 Å². The zero-order valence-corrected chi connectivity index (χ0v) is 27.6. The third-order valence-corrected chi connectivity index (χ3v) is 10.1. The van der Waals surface area contributed by atoms with Crippen LogP contribution >= 0.6 is 0 Å². The van der Waals surface area contributed by atoms with Gasteiger partial charge in [-0.05, 0) is 46.2 Å². The number of ether oxygens (including phenoxy) is 2. The van der Waals surface area contributed by atoms with Gasteiger partial charge in [-0.25, -0.2) is 11.0 Å². The molecule has 0 amide bonds. The fourth-order valence-corrected chi connectivity index (χ4v) is 7.86. The van der Waals surface area contributed by atoms with E-state index in [1.165, 1.54) is 50.6 Å². The summed E-state index contributed by atoms with van der Waals surface area (Å²) in [6.45, 7) is 0. The monoisotopic (exact) mass is 714 g/mol. The predicted octanol–water partition coefficient (Wildman–Crippen LogP) is 8.24. The van der Waals surface area contributed by atoms with E-state index >= 15 is 0 Å². The lowest BCUT2D eigenvalue weighted by Crippen LogP contribution is -2.04. The minimum Gasteiger partial charge on any atom is -0.505 e. The molecule has 0 spiro atoms. The third kappa shape index (κ3) is 5.45. The quantitative estimate of drug-likeness (QED) is 0.0619. The molecule has 6 aromatic carbocycles. The molecule has 6 rings (SSSR count). The molecule has 0 radical (unpaired) electrons. The molecule has 0 aliphatic heterocycles. The highest BCUT2D eigenvalue weighted by Crippen LogP contribution is 2.52. The van der Waals surface area contributed by atoms with E-state index in [1.807, 2.05) is 0 Å². The summed E-state index contributed by atoms with van der Waals surface area (Å²) in [4.78, 5) is -1.59. The van der Waals surface area contributed by atoms with Gasteiger partial charge in [0.15, 0.2) is 11.5 Å². The average molecular weight is 715 g/mol. The molecule has 0 unspecified atom stereocenters. The van der Waals surface area contributed by atoms with E-state index in [0.717, 1.165) is 0 Å². The topological polar surface area (TPSA) is 240 Å². The minimum absolute atomic E-state index is 0.0767. The molecule has 254 valence electrons. The summed E-state index contributed by atoms with van der Waals surface area (Å²) in [5.74, 6) is -0.976. The zero-order valence-electron chi connectivity index (χ0n) is 27.9. The van der Waals surface area contributed by atoms with Gasteiger partial charge in [-0.15, -0.1) is 0 Å². The van der Waals surface area contributed by atoms with Crippen LogP contribution in [0.15, 0.2) is 105 Å². The summed E-state index contributed by atoms with van der Waals surface area (Å²) in [6, 6.07) is 21.9. The maximum absolute atomic E-state index is 12.8. The highest BCUT2D eigenvalue weighted by Gasteiger charge is 2.31. The summed E-state index contributed by atoms with van der Waals surface area (Å²) >= 11 is 0. The SMILES string of the molecule is [H]/N=N/c1c(S(=O)(=O)O)c(-c2ccc(-c3ccc(-c4c(S(=O)(=O)O)c(/N=N/[H])c(O)c5ccccc45)c(OC)c3)cc2OC)c2ccccc2c1O. The molecule has 0 saturated carbocycles. The minimum atomic E-state index is -5.08. The third-order valence-electron chi connectivity index (χ3n) is 8.23. The van der Waals surface area contributed by atoms with E-state index in [2.05, 4.69) is 21.3 Å². The number of benzene rings is 6. The number of nitrogens with zero attached hydrogens (tertiary/aromatic N) is 2. The van der Waals surface area contributed by atoms with Gasteiger partial charge in [0.2, 0.25) is 2.82 Å². The number of aromatic hydroxyl groups is 2. The van der Waals surface area contributed by atoms with Gasteiger partial charge in [0.25, 0.3) is 20.2 Å². The molecule has 0 aliphatic rings. The molecule has 50 heavy (non-hydrogen) atoms. The first kappa shape index (κ1) is 31.3. The fourth-order valence-electron chi connectivity index (χ4n) is 6.14. The maximum Gasteiger partial charge on any atom is 0.297 e. The number of phenols is 2. The van der Waals surface area contributed by atoms with Gasteiger partial charge in [-0.1, -0.05) is 60.7 Å². The molecule has 14 nitrogen and oxygen atoms in total. The number of phenolic OH excluding ortho intramolecular Hbond substituents is 2.